The molecule has 1 N–H and O–H groups in total. The lowest BCUT2D eigenvalue weighted by Gasteiger charge is -2.46. The topological polar surface area (TPSA) is 47.0 Å². The van der Waals surface area contributed by atoms with E-state index >= 15 is 4.39 Å². The zero-order valence-electron chi connectivity index (χ0n) is 20.3. The van der Waals surface area contributed by atoms with Gasteiger partial charge in [0.2, 0.25) is 0 Å². The Balaban J connectivity index is 1.80. The first-order chi connectivity index (χ1) is 16.7. The van der Waals surface area contributed by atoms with Gasteiger partial charge in [-0.3, -0.25) is 0 Å². The minimum Gasteiger partial charge on any atom is -0.393 e. The van der Waals surface area contributed by atoms with E-state index < -0.39 is 42.0 Å². The second-order valence-corrected chi connectivity index (χ2v) is 9.75. The molecule has 188 valence electrons. The molecule has 4 rings (SSSR count). The van der Waals surface area contributed by atoms with Crippen LogP contribution in [0, 0.1) is 11.6 Å². The van der Waals surface area contributed by atoms with E-state index in [1.807, 2.05) is 31.9 Å². The van der Waals surface area contributed by atoms with Crippen LogP contribution < -0.4 is 0 Å². The molecular formula is C27H32F3N3O2. The minimum atomic E-state index is -1.31. The molecular weight excluding hydrogens is 455 g/mol. The molecule has 0 aromatic heterocycles. The van der Waals surface area contributed by atoms with Crippen molar-refractivity contribution in [1.29, 1.82) is 0 Å². The fraction of sp³-hybridized carbons (Fsp3) is 0.444. The Morgan fingerprint density at radius 1 is 1.20 bits per heavy atom. The highest BCUT2D eigenvalue weighted by atomic mass is 19.1. The van der Waals surface area contributed by atoms with Gasteiger partial charge in [0, 0.05) is 31.2 Å². The molecule has 2 heterocycles. The van der Waals surface area contributed by atoms with Gasteiger partial charge < -0.3 is 19.8 Å². The van der Waals surface area contributed by atoms with Crippen LogP contribution in [-0.2, 0) is 5.54 Å². The van der Waals surface area contributed by atoms with Crippen molar-refractivity contribution in [3.8, 4) is 0 Å². The van der Waals surface area contributed by atoms with Crippen LogP contribution in [0.1, 0.15) is 31.4 Å². The van der Waals surface area contributed by atoms with Gasteiger partial charge in [-0.15, -0.1) is 0 Å². The quantitative estimate of drug-likeness (QED) is 0.679. The monoisotopic (exact) mass is 487 g/mol. The molecule has 8 heteroatoms. The van der Waals surface area contributed by atoms with E-state index in [4.69, 9.17) is 0 Å². The summed E-state index contributed by atoms with van der Waals surface area (Å²) in [4.78, 5) is 19.1. The number of alkyl halides is 1. The predicted octanol–water partition coefficient (Wildman–Crippen LogP) is 4.42. The van der Waals surface area contributed by atoms with Crippen LogP contribution in [0.15, 0.2) is 54.6 Å². The summed E-state index contributed by atoms with van der Waals surface area (Å²) in [5, 5.41) is 10.7. The molecule has 2 amide bonds. The minimum absolute atomic E-state index is 0.0350. The van der Waals surface area contributed by atoms with Crippen LogP contribution in [0.2, 0.25) is 0 Å². The number of aliphatic hydroxyl groups excluding tert-OH is 1. The molecule has 1 saturated heterocycles. The number of hydrogen-bond donors (Lipinski definition) is 1. The van der Waals surface area contributed by atoms with Gasteiger partial charge in [-0.1, -0.05) is 30.3 Å². The van der Waals surface area contributed by atoms with Crippen LogP contribution in [0.3, 0.4) is 0 Å². The molecule has 2 aromatic rings. The summed E-state index contributed by atoms with van der Waals surface area (Å²) in [5.41, 5.74) is -0.256. The summed E-state index contributed by atoms with van der Waals surface area (Å²) in [6.45, 7) is 4.03. The first-order valence-electron chi connectivity index (χ1n) is 11.9. The number of hydrogen-bond acceptors (Lipinski definition) is 3. The number of piperidine rings is 1. The van der Waals surface area contributed by atoms with Crippen molar-refractivity contribution in [1.82, 2.24) is 14.7 Å². The highest BCUT2D eigenvalue weighted by Crippen LogP contribution is 2.42. The van der Waals surface area contributed by atoms with Gasteiger partial charge in [0.1, 0.15) is 23.3 Å². The van der Waals surface area contributed by atoms with Gasteiger partial charge in [0.05, 0.1) is 12.6 Å². The summed E-state index contributed by atoms with van der Waals surface area (Å²) in [6, 6.07) is 10.8. The molecule has 3 atom stereocenters. The third-order valence-electron chi connectivity index (χ3n) is 7.09. The fourth-order valence-electron chi connectivity index (χ4n) is 5.30. The Bertz CT molecular complexity index is 1090. The number of likely N-dealkylation sites (tertiary alicyclic amines) is 1. The number of nitrogens with zero attached hydrogens (tertiary/aromatic N) is 3. The smallest absolute Gasteiger partial charge is 0.321 e. The highest BCUT2D eigenvalue weighted by molar-refractivity contribution is 5.84. The third kappa shape index (κ3) is 4.69. The van der Waals surface area contributed by atoms with E-state index in [-0.39, 0.29) is 24.7 Å². The van der Waals surface area contributed by atoms with Crippen LogP contribution in [0.5, 0.6) is 0 Å². The zero-order chi connectivity index (χ0) is 25.3. The molecule has 0 aliphatic carbocycles. The Kier molecular flexibility index (Phi) is 7.24. The third-order valence-corrected chi connectivity index (χ3v) is 7.09. The predicted molar refractivity (Wildman–Crippen MR) is 129 cm³/mol. The second kappa shape index (κ2) is 10.0. The van der Waals surface area contributed by atoms with Crippen molar-refractivity contribution >= 4 is 11.6 Å². The van der Waals surface area contributed by atoms with E-state index in [1.54, 1.807) is 35.2 Å². The number of halogens is 3. The lowest BCUT2D eigenvalue weighted by molar-refractivity contribution is 0.0200. The number of aliphatic hydroxyl groups is 1. The van der Waals surface area contributed by atoms with E-state index in [0.29, 0.717) is 24.1 Å². The molecule has 0 spiro atoms. The SMILES string of the molecule is CC(C)N(C(=O)N1CC(c2cc(F)ccc2F)=C[C@@]1(CO)c1ccccc1)C1CCN(C)CC1F. The maximum atomic E-state index is 15.2. The van der Waals surface area contributed by atoms with Gasteiger partial charge in [-0.25, -0.2) is 18.0 Å². The molecule has 5 nitrogen and oxygen atoms in total. The zero-order valence-corrected chi connectivity index (χ0v) is 20.3. The Morgan fingerprint density at radius 3 is 2.54 bits per heavy atom. The lowest BCUT2D eigenvalue weighted by atomic mass is 9.89. The molecule has 2 aliphatic heterocycles. The van der Waals surface area contributed by atoms with Gasteiger partial charge in [-0.05, 0) is 62.7 Å². The Labute approximate surface area is 204 Å². The van der Waals surface area contributed by atoms with Gasteiger partial charge in [0.25, 0.3) is 0 Å². The fourth-order valence-corrected chi connectivity index (χ4v) is 5.30. The summed E-state index contributed by atoms with van der Waals surface area (Å²) in [5.74, 6) is -1.22. The first kappa shape index (κ1) is 25.3. The van der Waals surface area contributed by atoms with Crippen molar-refractivity contribution in [3.63, 3.8) is 0 Å². The highest BCUT2D eigenvalue weighted by Gasteiger charge is 2.48. The summed E-state index contributed by atoms with van der Waals surface area (Å²) in [6.07, 6.45) is 0.889. The molecule has 35 heavy (non-hydrogen) atoms. The average molecular weight is 488 g/mol. The lowest BCUT2D eigenvalue weighted by Crippen LogP contribution is -2.61. The van der Waals surface area contributed by atoms with Crippen molar-refractivity contribution < 1.29 is 23.1 Å². The summed E-state index contributed by atoms with van der Waals surface area (Å²) >= 11 is 0. The van der Waals surface area contributed by atoms with Crippen LogP contribution in [0.25, 0.3) is 5.57 Å². The molecule has 2 unspecified atom stereocenters. The van der Waals surface area contributed by atoms with Crippen LogP contribution in [0.4, 0.5) is 18.0 Å². The number of amides is 2. The van der Waals surface area contributed by atoms with E-state index in [1.165, 1.54) is 4.90 Å². The van der Waals surface area contributed by atoms with Crippen LogP contribution >= 0.6 is 0 Å². The van der Waals surface area contributed by atoms with E-state index in [0.717, 1.165) is 18.2 Å². The molecule has 0 saturated carbocycles. The number of carbonyl (C=O) groups is 1. The number of benzene rings is 2. The van der Waals surface area contributed by atoms with Crippen molar-refractivity contribution in [2.24, 2.45) is 0 Å². The average Bonchev–Trinajstić information content (AvgIpc) is 3.23. The van der Waals surface area contributed by atoms with E-state index in [2.05, 4.69) is 0 Å². The second-order valence-electron chi connectivity index (χ2n) is 9.75. The van der Waals surface area contributed by atoms with Gasteiger partial charge in [-0.2, -0.15) is 0 Å². The molecule has 1 fully saturated rings. The van der Waals surface area contributed by atoms with Gasteiger partial charge >= 0.3 is 6.03 Å². The Morgan fingerprint density at radius 2 is 1.91 bits per heavy atom. The number of urea groups is 1. The summed E-state index contributed by atoms with van der Waals surface area (Å²) < 4.78 is 43.9. The molecule has 0 radical (unpaired) electrons. The maximum absolute atomic E-state index is 15.2. The number of rotatable bonds is 5. The van der Waals surface area contributed by atoms with Crippen molar-refractivity contribution in [2.75, 3.05) is 33.3 Å². The van der Waals surface area contributed by atoms with Gasteiger partial charge in [0.15, 0.2) is 0 Å². The maximum Gasteiger partial charge on any atom is 0.321 e. The standard InChI is InChI=1S/C27H32F3N3O2/c1-18(2)33(25-11-12-31(3)16-24(25)30)26(35)32-15-19(22-13-21(28)9-10-23(22)29)14-27(32,17-34)20-7-5-4-6-8-20/h4-10,13-14,18,24-25,34H,11-12,15-17H2,1-3H3/t24?,25?,27-/m1/s1. The molecule has 2 aromatic carbocycles. The first-order valence-corrected chi connectivity index (χ1v) is 11.9. The number of carbonyl (C=O) groups excluding carboxylic acids is 1. The summed E-state index contributed by atoms with van der Waals surface area (Å²) in [7, 11) is 1.85. The van der Waals surface area contributed by atoms with Crippen LogP contribution in [-0.4, -0.2) is 77.4 Å². The largest absolute Gasteiger partial charge is 0.393 e. The Hall–Kier alpha value is -2.84. The van der Waals surface area contributed by atoms with E-state index in [9.17, 15) is 18.7 Å². The normalized spacial score (nSPS) is 25.1. The molecule has 0 bridgehead atoms. The molecule has 2 aliphatic rings. The van der Waals surface area contributed by atoms with Crippen molar-refractivity contribution in [3.05, 3.63) is 77.4 Å². The van der Waals surface area contributed by atoms with Crippen molar-refractivity contribution in [2.45, 2.75) is 44.1 Å².